The van der Waals surface area contributed by atoms with Gasteiger partial charge in [-0.15, -0.1) is 0 Å². The predicted octanol–water partition coefficient (Wildman–Crippen LogP) is 4.42. The monoisotopic (exact) mass is 435 g/mol. The molecule has 0 aliphatic rings. The second-order valence-corrected chi connectivity index (χ2v) is 8.01. The normalized spacial score (nSPS) is 10.7. The van der Waals surface area contributed by atoms with E-state index in [2.05, 4.69) is 15.0 Å². The Kier molecular flexibility index (Phi) is 7.24. The van der Waals surface area contributed by atoms with Crippen LogP contribution in [0.25, 0.3) is 0 Å². The van der Waals surface area contributed by atoms with Crippen molar-refractivity contribution in [2.24, 2.45) is 0 Å². The molecule has 3 aromatic rings. The molecule has 0 aliphatic carbocycles. The van der Waals surface area contributed by atoms with Crippen LogP contribution in [-0.2, 0) is 11.5 Å². The number of nitrogens with one attached hydrogen (secondary N) is 1. The summed E-state index contributed by atoms with van der Waals surface area (Å²) in [4.78, 5) is 22.9. The average Bonchev–Trinajstić information content (AvgIpc) is 2.70. The molecule has 1 aromatic heterocycles. The number of ether oxygens (including phenoxy) is 2. The zero-order valence-corrected chi connectivity index (χ0v) is 17.7. The van der Waals surface area contributed by atoms with Crippen molar-refractivity contribution in [1.82, 2.24) is 15.0 Å². The van der Waals surface area contributed by atoms with E-state index in [1.807, 2.05) is 42.5 Å². The molecule has 0 atom stereocenters. The van der Waals surface area contributed by atoms with Gasteiger partial charge < -0.3 is 9.47 Å². The predicted molar refractivity (Wildman–Crippen MR) is 113 cm³/mol. The Labute approximate surface area is 176 Å². The highest BCUT2D eigenvalue weighted by Crippen LogP contribution is 2.28. The van der Waals surface area contributed by atoms with Crippen molar-refractivity contribution < 1.29 is 9.47 Å². The molecule has 0 radical (unpaired) electrons. The van der Waals surface area contributed by atoms with Gasteiger partial charge in [0, 0.05) is 22.6 Å². The Bertz CT molecular complexity index is 991. The number of rotatable bonds is 8. The Balaban J connectivity index is 1.69. The molecular weight excluding hydrogens is 418 g/mol. The van der Waals surface area contributed by atoms with Crippen LogP contribution in [0.1, 0.15) is 11.1 Å². The van der Waals surface area contributed by atoms with Crippen molar-refractivity contribution in [1.29, 1.82) is 0 Å². The van der Waals surface area contributed by atoms with Gasteiger partial charge in [0.25, 0.3) is 0 Å². The number of methoxy groups -OCH3 is 2. The van der Waals surface area contributed by atoms with Crippen LogP contribution in [0.15, 0.2) is 57.6 Å². The second kappa shape index (κ2) is 9.86. The molecule has 146 valence electrons. The minimum absolute atomic E-state index is 0.416. The van der Waals surface area contributed by atoms with E-state index in [1.54, 1.807) is 14.2 Å². The molecule has 0 aliphatic heterocycles. The third-order valence-electron chi connectivity index (χ3n) is 3.65. The number of H-pyrrole nitrogens is 1. The van der Waals surface area contributed by atoms with Gasteiger partial charge in [-0.05, 0) is 35.4 Å². The van der Waals surface area contributed by atoms with Crippen LogP contribution in [0.5, 0.6) is 11.5 Å². The minimum atomic E-state index is -0.422. The van der Waals surface area contributed by atoms with Crippen molar-refractivity contribution in [3.8, 4) is 11.5 Å². The van der Waals surface area contributed by atoms with Crippen LogP contribution in [0.4, 0.5) is 0 Å². The SMILES string of the molecule is COc1cc(CSc2nc(SCc3cccc(Cl)c3)[nH]c(=O)n2)cc(OC)c1. The lowest BCUT2D eigenvalue weighted by atomic mass is 10.2. The van der Waals surface area contributed by atoms with Gasteiger partial charge in [0.2, 0.25) is 0 Å². The number of hydrogen-bond donors (Lipinski definition) is 1. The fraction of sp³-hybridized carbons (Fsp3) is 0.211. The summed E-state index contributed by atoms with van der Waals surface area (Å²) < 4.78 is 10.6. The molecule has 28 heavy (non-hydrogen) atoms. The van der Waals surface area contributed by atoms with Gasteiger partial charge in [-0.3, -0.25) is 4.98 Å². The molecule has 6 nitrogen and oxygen atoms in total. The van der Waals surface area contributed by atoms with Gasteiger partial charge in [0.1, 0.15) is 11.5 Å². The molecule has 0 saturated carbocycles. The fourth-order valence-electron chi connectivity index (χ4n) is 2.36. The standard InChI is InChI=1S/C19H18ClN3O3S2/c1-25-15-7-13(8-16(9-15)26-2)11-28-19-22-17(24)21-18(23-19)27-10-12-4-3-5-14(20)6-12/h3-9H,10-11H2,1-2H3,(H,21,22,23,24). The first-order valence-corrected chi connectivity index (χ1v) is 10.6. The third kappa shape index (κ3) is 5.92. The van der Waals surface area contributed by atoms with E-state index in [9.17, 15) is 4.79 Å². The van der Waals surface area contributed by atoms with Crippen LogP contribution >= 0.6 is 35.1 Å². The molecule has 0 saturated heterocycles. The lowest BCUT2D eigenvalue weighted by Gasteiger charge is -2.08. The van der Waals surface area contributed by atoms with E-state index < -0.39 is 5.69 Å². The van der Waals surface area contributed by atoms with E-state index in [0.717, 1.165) is 11.1 Å². The second-order valence-electron chi connectivity index (χ2n) is 5.67. The van der Waals surface area contributed by atoms with Crippen LogP contribution in [0.3, 0.4) is 0 Å². The Hall–Kier alpha value is -2.16. The van der Waals surface area contributed by atoms with Crippen molar-refractivity contribution in [2.45, 2.75) is 21.8 Å². The smallest absolute Gasteiger partial charge is 0.349 e. The van der Waals surface area contributed by atoms with E-state index >= 15 is 0 Å². The highest BCUT2D eigenvalue weighted by Gasteiger charge is 2.08. The quantitative estimate of drug-likeness (QED) is 0.524. The van der Waals surface area contributed by atoms with Crippen molar-refractivity contribution in [3.63, 3.8) is 0 Å². The van der Waals surface area contributed by atoms with E-state index in [4.69, 9.17) is 21.1 Å². The van der Waals surface area contributed by atoms with Crippen molar-refractivity contribution >= 4 is 35.1 Å². The Morgan fingerprint density at radius 3 is 2.36 bits per heavy atom. The molecule has 2 aromatic carbocycles. The first-order valence-electron chi connectivity index (χ1n) is 8.26. The zero-order chi connectivity index (χ0) is 19.9. The van der Waals surface area contributed by atoms with Gasteiger partial charge in [-0.1, -0.05) is 47.3 Å². The summed E-state index contributed by atoms with van der Waals surface area (Å²) >= 11 is 8.81. The van der Waals surface area contributed by atoms with Crippen LogP contribution in [-0.4, -0.2) is 29.2 Å². The highest BCUT2D eigenvalue weighted by atomic mass is 35.5. The summed E-state index contributed by atoms with van der Waals surface area (Å²) in [5.41, 5.74) is 1.61. The number of halogens is 1. The molecular formula is C19H18ClN3O3S2. The molecule has 3 rings (SSSR count). The summed E-state index contributed by atoms with van der Waals surface area (Å²) in [6, 6.07) is 13.2. The van der Waals surface area contributed by atoms with E-state index in [1.165, 1.54) is 23.5 Å². The lowest BCUT2D eigenvalue weighted by Crippen LogP contribution is -2.13. The van der Waals surface area contributed by atoms with Gasteiger partial charge >= 0.3 is 5.69 Å². The Morgan fingerprint density at radius 2 is 1.68 bits per heavy atom. The molecule has 0 amide bonds. The maximum absolute atomic E-state index is 11.9. The lowest BCUT2D eigenvalue weighted by molar-refractivity contribution is 0.393. The topological polar surface area (TPSA) is 77.1 Å². The fourth-order valence-corrected chi connectivity index (χ4v) is 4.18. The number of aromatic amines is 1. The number of nitrogens with zero attached hydrogens (tertiary/aromatic N) is 2. The summed E-state index contributed by atoms with van der Waals surface area (Å²) in [6.07, 6.45) is 0. The maximum atomic E-state index is 11.9. The van der Waals surface area contributed by atoms with Crippen molar-refractivity contribution in [2.75, 3.05) is 14.2 Å². The van der Waals surface area contributed by atoms with Crippen LogP contribution < -0.4 is 15.2 Å². The van der Waals surface area contributed by atoms with Gasteiger partial charge in [0.05, 0.1) is 14.2 Å². The third-order valence-corrected chi connectivity index (χ3v) is 5.75. The average molecular weight is 436 g/mol. The number of hydrogen-bond acceptors (Lipinski definition) is 7. The van der Waals surface area contributed by atoms with Crippen LogP contribution in [0, 0.1) is 0 Å². The summed E-state index contributed by atoms with van der Waals surface area (Å²) in [6.45, 7) is 0. The molecule has 9 heteroatoms. The molecule has 0 fully saturated rings. The van der Waals surface area contributed by atoms with Gasteiger partial charge in [-0.25, -0.2) is 4.79 Å². The van der Waals surface area contributed by atoms with Crippen molar-refractivity contribution in [3.05, 3.63) is 69.1 Å². The highest BCUT2D eigenvalue weighted by molar-refractivity contribution is 7.99. The summed E-state index contributed by atoms with van der Waals surface area (Å²) in [5.74, 6) is 2.64. The molecule has 1 N–H and O–H groups in total. The molecule has 0 spiro atoms. The van der Waals surface area contributed by atoms with Crippen LogP contribution in [0.2, 0.25) is 5.02 Å². The number of benzene rings is 2. The van der Waals surface area contributed by atoms with E-state index in [-0.39, 0.29) is 0 Å². The van der Waals surface area contributed by atoms with Gasteiger partial charge in [-0.2, -0.15) is 9.97 Å². The largest absolute Gasteiger partial charge is 0.497 e. The maximum Gasteiger partial charge on any atom is 0.349 e. The summed E-state index contributed by atoms with van der Waals surface area (Å²) in [5, 5.41) is 1.61. The first-order chi connectivity index (χ1) is 13.6. The first kappa shape index (κ1) is 20.6. The summed E-state index contributed by atoms with van der Waals surface area (Å²) in [7, 11) is 3.21. The zero-order valence-electron chi connectivity index (χ0n) is 15.3. The minimum Gasteiger partial charge on any atom is -0.497 e. The number of aromatic nitrogens is 3. The molecule has 0 bridgehead atoms. The molecule has 1 heterocycles. The van der Waals surface area contributed by atoms with E-state index in [0.29, 0.717) is 38.3 Å². The number of thioether (sulfide) groups is 2. The van der Waals surface area contributed by atoms with Gasteiger partial charge in [0.15, 0.2) is 10.3 Å². The molecule has 0 unspecified atom stereocenters. The Morgan fingerprint density at radius 1 is 0.964 bits per heavy atom.